The molecule has 0 saturated heterocycles. The predicted molar refractivity (Wildman–Crippen MR) is 90.0 cm³/mol. The van der Waals surface area contributed by atoms with Gasteiger partial charge in [0.1, 0.15) is 0 Å². The summed E-state index contributed by atoms with van der Waals surface area (Å²) < 4.78 is 31.7. The lowest BCUT2D eigenvalue weighted by atomic mass is 9.95. The molecule has 1 heterocycles. The minimum absolute atomic E-state index is 0.796. The van der Waals surface area contributed by atoms with Crippen molar-refractivity contribution in [2.45, 2.75) is 13.1 Å². The van der Waals surface area contributed by atoms with Crippen LogP contribution in [0.4, 0.5) is 18.9 Å². The van der Waals surface area contributed by atoms with Crippen LogP contribution in [-0.4, -0.2) is 22.2 Å². The van der Waals surface area contributed by atoms with E-state index in [1.165, 1.54) is 11.1 Å². The van der Waals surface area contributed by atoms with Crippen molar-refractivity contribution in [3.8, 4) is 11.1 Å². The molecule has 0 fully saturated rings. The van der Waals surface area contributed by atoms with Crippen molar-refractivity contribution in [3.05, 3.63) is 60.3 Å². The molecule has 0 aliphatic carbocycles. The lowest BCUT2D eigenvalue weighted by molar-refractivity contribution is -0.192. The lowest BCUT2D eigenvalue weighted by Crippen LogP contribution is -2.21. The Hall–Kier alpha value is -3.09. The van der Waals surface area contributed by atoms with Crippen molar-refractivity contribution >= 4 is 22.6 Å². The van der Waals surface area contributed by atoms with Crippen molar-refractivity contribution in [2.75, 3.05) is 5.73 Å². The van der Waals surface area contributed by atoms with Gasteiger partial charge >= 0.3 is 12.1 Å². The van der Waals surface area contributed by atoms with Crippen molar-refractivity contribution in [3.63, 3.8) is 0 Å². The second-order valence-electron chi connectivity index (χ2n) is 5.22. The van der Waals surface area contributed by atoms with Gasteiger partial charge in [0, 0.05) is 22.8 Å². The second kappa shape index (κ2) is 7.21. The highest BCUT2D eigenvalue weighted by Crippen LogP contribution is 2.34. The number of carboxylic acid groups (broad SMARTS) is 1. The first-order valence-electron chi connectivity index (χ1n) is 7.21. The molecule has 0 bridgehead atoms. The number of nitrogen functional groups attached to an aromatic ring is 1. The molecular weight excluding hydrogens is 333 g/mol. The predicted octanol–water partition coefficient (Wildman–Crippen LogP) is 4.43. The molecule has 0 aliphatic heterocycles. The number of pyridine rings is 1. The van der Waals surface area contributed by atoms with Gasteiger partial charge in [0.05, 0.1) is 5.52 Å². The summed E-state index contributed by atoms with van der Waals surface area (Å²) in [5.74, 6) is -2.76. The highest BCUT2D eigenvalue weighted by molar-refractivity contribution is 6.01. The van der Waals surface area contributed by atoms with Crippen molar-refractivity contribution in [2.24, 2.45) is 0 Å². The number of rotatable bonds is 1. The molecule has 0 atom stereocenters. The van der Waals surface area contributed by atoms with E-state index < -0.39 is 12.1 Å². The highest BCUT2D eigenvalue weighted by Gasteiger charge is 2.38. The fraction of sp³-hybridized carbons (Fsp3) is 0.111. The largest absolute Gasteiger partial charge is 0.490 e. The van der Waals surface area contributed by atoms with Crippen LogP contribution in [0.25, 0.3) is 22.0 Å². The molecule has 25 heavy (non-hydrogen) atoms. The molecule has 7 heteroatoms. The standard InChI is InChI=1S/C16H14N2.C2HF3O2/c1-11-5-2-3-6-12(11)16-13-7-4-10-18-15(13)9-8-14(16)17;3-2(4,5)1(6)7/h2-10H,17H2,1H3;(H,6,7). The highest BCUT2D eigenvalue weighted by atomic mass is 19.4. The minimum atomic E-state index is -5.08. The van der Waals surface area contributed by atoms with Crippen LogP contribution in [0.2, 0.25) is 0 Å². The molecule has 4 nitrogen and oxygen atoms in total. The van der Waals surface area contributed by atoms with Gasteiger partial charge in [0.15, 0.2) is 0 Å². The number of nitrogens with zero attached hydrogens (tertiary/aromatic N) is 1. The third-order valence-corrected chi connectivity index (χ3v) is 3.47. The summed E-state index contributed by atoms with van der Waals surface area (Å²) in [7, 11) is 0. The number of fused-ring (bicyclic) bond motifs is 1. The molecule has 130 valence electrons. The molecule has 0 radical (unpaired) electrons. The van der Waals surface area contributed by atoms with Crippen LogP contribution in [0.15, 0.2) is 54.7 Å². The number of hydrogen-bond acceptors (Lipinski definition) is 3. The number of aromatic nitrogens is 1. The van der Waals surface area contributed by atoms with E-state index >= 15 is 0 Å². The van der Waals surface area contributed by atoms with Gasteiger partial charge in [-0.3, -0.25) is 4.98 Å². The van der Waals surface area contributed by atoms with Crippen molar-refractivity contribution < 1.29 is 23.1 Å². The number of alkyl halides is 3. The summed E-state index contributed by atoms with van der Waals surface area (Å²) in [6.45, 7) is 2.10. The molecule has 0 saturated carbocycles. The van der Waals surface area contributed by atoms with Gasteiger partial charge in [-0.05, 0) is 36.2 Å². The molecule has 3 aromatic rings. The van der Waals surface area contributed by atoms with E-state index in [2.05, 4.69) is 30.1 Å². The van der Waals surface area contributed by atoms with Crippen LogP contribution < -0.4 is 5.73 Å². The summed E-state index contributed by atoms with van der Waals surface area (Å²) >= 11 is 0. The molecule has 0 spiro atoms. The summed E-state index contributed by atoms with van der Waals surface area (Å²) in [6.07, 6.45) is -3.28. The lowest BCUT2D eigenvalue weighted by Gasteiger charge is -2.12. The average molecular weight is 348 g/mol. The summed E-state index contributed by atoms with van der Waals surface area (Å²) in [4.78, 5) is 13.3. The number of benzene rings is 2. The van der Waals surface area contributed by atoms with Crippen LogP contribution in [0, 0.1) is 6.92 Å². The number of aryl methyl sites for hydroxylation is 1. The van der Waals surface area contributed by atoms with Gasteiger partial charge in [-0.1, -0.05) is 30.3 Å². The summed E-state index contributed by atoms with van der Waals surface area (Å²) in [5, 5.41) is 8.23. The Morgan fingerprint density at radius 1 is 1.08 bits per heavy atom. The summed E-state index contributed by atoms with van der Waals surface area (Å²) in [5.41, 5.74) is 11.4. The second-order valence-corrected chi connectivity index (χ2v) is 5.22. The van der Waals surface area contributed by atoms with Crippen LogP contribution in [0.3, 0.4) is 0 Å². The average Bonchev–Trinajstić information content (AvgIpc) is 2.55. The first kappa shape index (κ1) is 18.3. The first-order chi connectivity index (χ1) is 11.7. The topological polar surface area (TPSA) is 76.2 Å². The van der Waals surface area contributed by atoms with E-state index in [9.17, 15) is 13.2 Å². The Balaban J connectivity index is 0.000000277. The molecule has 0 amide bonds. The van der Waals surface area contributed by atoms with Gasteiger partial charge in [-0.2, -0.15) is 13.2 Å². The van der Waals surface area contributed by atoms with E-state index in [1.54, 1.807) is 6.20 Å². The SMILES string of the molecule is Cc1ccccc1-c1c(N)ccc2ncccc12.O=C(O)C(F)(F)F. The molecule has 1 aromatic heterocycles. The third kappa shape index (κ3) is 4.26. The van der Waals surface area contributed by atoms with Gasteiger partial charge in [0.25, 0.3) is 0 Å². The Morgan fingerprint density at radius 3 is 2.32 bits per heavy atom. The molecule has 2 aromatic carbocycles. The number of aliphatic carboxylic acids is 1. The van der Waals surface area contributed by atoms with E-state index in [-0.39, 0.29) is 0 Å². The number of carbonyl (C=O) groups is 1. The van der Waals surface area contributed by atoms with E-state index in [1.807, 2.05) is 30.3 Å². The smallest absolute Gasteiger partial charge is 0.475 e. The number of nitrogens with two attached hydrogens (primary N) is 1. The fourth-order valence-electron chi connectivity index (χ4n) is 2.32. The zero-order valence-corrected chi connectivity index (χ0v) is 13.2. The number of halogens is 3. The van der Waals surface area contributed by atoms with Crippen molar-refractivity contribution in [1.82, 2.24) is 4.98 Å². The van der Waals surface area contributed by atoms with Crippen molar-refractivity contribution in [1.29, 1.82) is 0 Å². The normalized spacial score (nSPS) is 10.9. The Morgan fingerprint density at radius 2 is 1.72 bits per heavy atom. The van der Waals surface area contributed by atoms with Crippen LogP contribution in [0.1, 0.15) is 5.56 Å². The first-order valence-corrected chi connectivity index (χ1v) is 7.21. The molecule has 0 aliphatic rings. The van der Waals surface area contributed by atoms with E-state index in [0.29, 0.717) is 0 Å². The van der Waals surface area contributed by atoms with Crippen LogP contribution >= 0.6 is 0 Å². The molecule has 0 unspecified atom stereocenters. The molecule has 3 N–H and O–H groups in total. The summed E-state index contributed by atoms with van der Waals surface area (Å²) in [6, 6.07) is 16.2. The number of anilines is 1. The maximum Gasteiger partial charge on any atom is 0.490 e. The maximum atomic E-state index is 10.6. The number of carboxylic acids is 1. The van der Waals surface area contributed by atoms with Gasteiger partial charge in [0.2, 0.25) is 0 Å². The van der Waals surface area contributed by atoms with Gasteiger partial charge < -0.3 is 10.8 Å². The number of hydrogen-bond donors (Lipinski definition) is 2. The van der Waals surface area contributed by atoms with Crippen LogP contribution in [0.5, 0.6) is 0 Å². The Labute approximate surface area is 141 Å². The quantitative estimate of drug-likeness (QED) is 0.638. The monoisotopic (exact) mass is 348 g/mol. The van der Waals surface area contributed by atoms with E-state index in [0.717, 1.165) is 22.2 Å². The third-order valence-electron chi connectivity index (χ3n) is 3.47. The Kier molecular flexibility index (Phi) is 5.26. The Bertz CT molecular complexity index is 908. The van der Waals surface area contributed by atoms with Gasteiger partial charge in [-0.15, -0.1) is 0 Å². The molecular formula is C18H15F3N2O2. The minimum Gasteiger partial charge on any atom is -0.475 e. The molecule has 3 rings (SSSR count). The zero-order chi connectivity index (χ0) is 18.6. The van der Waals surface area contributed by atoms with Crippen LogP contribution in [-0.2, 0) is 4.79 Å². The van der Waals surface area contributed by atoms with E-state index in [4.69, 9.17) is 15.6 Å². The maximum absolute atomic E-state index is 10.6. The zero-order valence-electron chi connectivity index (χ0n) is 13.2. The van der Waals surface area contributed by atoms with Gasteiger partial charge in [-0.25, -0.2) is 4.79 Å². The fourth-order valence-corrected chi connectivity index (χ4v) is 2.32.